The number of likely N-dealkylation sites (N-methyl/N-ethyl adjacent to an activating group) is 1. The zero-order chi connectivity index (χ0) is 34.4. The van der Waals surface area contributed by atoms with Crippen molar-refractivity contribution in [3.63, 3.8) is 0 Å². The van der Waals surface area contributed by atoms with Crippen LogP contribution in [0.25, 0.3) is 0 Å². The Morgan fingerprint density at radius 1 is 0.652 bits per heavy atom. The summed E-state index contributed by atoms with van der Waals surface area (Å²) >= 11 is 0. The number of allylic oxidation sites excluding steroid dienone is 2. The standard InChI is InChI=1S/C36H70NO8P/c1-6-8-10-12-14-16-17-18-19-20-21-23-24-26-28-35(38)42-32-34(33-44-46(40,41)43-31-30-37(3,4)5)45-36(39)29-27-25-22-15-13-11-9-7-2/h17-18,34H,6-16,19-33H2,1-5H3/p+1/b18-17+/t34-/m0/s1. The molecule has 0 aromatic rings. The highest BCUT2D eigenvalue weighted by Crippen LogP contribution is 2.43. The zero-order valence-corrected chi connectivity index (χ0v) is 31.2. The molecule has 0 radical (unpaired) electrons. The number of nitrogens with zero attached hydrogens (tertiary/aromatic N) is 1. The Morgan fingerprint density at radius 3 is 1.61 bits per heavy atom. The van der Waals surface area contributed by atoms with E-state index >= 15 is 0 Å². The Labute approximate surface area is 282 Å². The van der Waals surface area contributed by atoms with Crippen LogP contribution < -0.4 is 0 Å². The molecular formula is C36H71NO8P+. The smallest absolute Gasteiger partial charge is 0.462 e. The average molecular weight is 677 g/mol. The highest BCUT2D eigenvalue weighted by molar-refractivity contribution is 7.47. The topological polar surface area (TPSA) is 108 Å². The highest BCUT2D eigenvalue weighted by Gasteiger charge is 2.27. The van der Waals surface area contributed by atoms with Gasteiger partial charge in [0.15, 0.2) is 6.10 Å². The molecule has 1 unspecified atom stereocenters. The molecule has 0 aliphatic heterocycles. The van der Waals surface area contributed by atoms with E-state index in [1.54, 1.807) is 0 Å². The van der Waals surface area contributed by atoms with Crippen molar-refractivity contribution in [1.82, 2.24) is 0 Å². The number of phosphoric ester groups is 1. The SMILES string of the molecule is CCCCCCC/C=C/CCCCCCCC(=O)OC[C@@H](COP(=O)(O)OCC[N+](C)(C)C)OC(=O)CCCCCCCCCC. The summed E-state index contributed by atoms with van der Waals surface area (Å²) in [6, 6.07) is 0. The van der Waals surface area contributed by atoms with Gasteiger partial charge in [0.05, 0.1) is 27.7 Å². The molecule has 0 aliphatic carbocycles. The average Bonchev–Trinajstić information content (AvgIpc) is 2.99. The van der Waals surface area contributed by atoms with Crippen LogP contribution in [0.2, 0.25) is 0 Å². The van der Waals surface area contributed by atoms with E-state index in [9.17, 15) is 19.0 Å². The lowest BCUT2D eigenvalue weighted by Crippen LogP contribution is -2.37. The Bertz CT molecular complexity index is 814. The van der Waals surface area contributed by atoms with Crippen LogP contribution in [-0.4, -0.2) is 74.9 Å². The molecule has 272 valence electrons. The van der Waals surface area contributed by atoms with Crippen LogP contribution in [0.3, 0.4) is 0 Å². The van der Waals surface area contributed by atoms with Gasteiger partial charge in [-0.3, -0.25) is 18.6 Å². The van der Waals surface area contributed by atoms with Crippen LogP contribution >= 0.6 is 7.82 Å². The molecule has 0 amide bonds. The second kappa shape index (κ2) is 29.9. The molecular weight excluding hydrogens is 605 g/mol. The van der Waals surface area contributed by atoms with E-state index in [2.05, 4.69) is 26.0 Å². The number of hydrogen-bond donors (Lipinski definition) is 1. The summed E-state index contributed by atoms with van der Waals surface area (Å²) in [5.41, 5.74) is 0. The third-order valence-electron chi connectivity index (χ3n) is 7.80. The summed E-state index contributed by atoms with van der Waals surface area (Å²) in [5, 5.41) is 0. The van der Waals surface area contributed by atoms with Crippen molar-refractivity contribution in [3.05, 3.63) is 12.2 Å². The number of hydrogen-bond acceptors (Lipinski definition) is 7. The number of phosphoric acid groups is 1. The molecule has 0 heterocycles. The molecule has 10 heteroatoms. The molecule has 0 aromatic heterocycles. The number of esters is 2. The monoisotopic (exact) mass is 676 g/mol. The van der Waals surface area contributed by atoms with Crippen LogP contribution in [-0.2, 0) is 32.7 Å². The van der Waals surface area contributed by atoms with Gasteiger partial charge in [-0.1, -0.05) is 116 Å². The van der Waals surface area contributed by atoms with Gasteiger partial charge in [-0.05, 0) is 38.5 Å². The van der Waals surface area contributed by atoms with Crippen molar-refractivity contribution in [3.8, 4) is 0 Å². The van der Waals surface area contributed by atoms with Gasteiger partial charge in [-0.25, -0.2) is 4.57 Å². The van der Waals surface area contributed by atoms with Crippen molar-refractivity contribution < 1.29 is 42.1 Å². The van der Waals surface area contributed by atoms with E-state index in [1.165, 1.54) is 64.2 Å². The van der Waals surface area contributed by atoms with Crippen LogP contribution in [0.15, 0.2) is 12.2 Å². The zero-order valence-electron chi connectivity index (χ0n) is 30.3. The summed E-state index contributed by atoms with van der Waals surface area (Å²) < 4.78 is 34.0. The number of unbranched alkanes of at least 4 members (excludes halogenated alkanes) is 17. The van der Waals surface area contributed by atoms with Crippen molar-refractivity contribution in [2.45, 2.75) is 161 Å². The summed E-state index contributed by atoms with van der Waals surface area (Å²) in [7, 11) is 1.47. The van der Waals surface area contributed by atoms with E-state index in [0.717, 1.165) is 57.8 Å². The van der Waals surface area contributed by atoms with Crippen LogP contribution in [0.5, 0.6) is 0 Å². The maximum absolute atomic E-state index is 12.5. The van der Waals surface area contributed by atoms with Gasteiger partial charge in [0, 0.05) is 12.8 Å². The van der Waals surface area contributed by atoms with Gasteiger partial charge in [0.2, 0.25) is 0 Å². The largest absolute Gasteiger partial charge is 0.472 e. The second-order valence-corrected chi connectivity index (χ2v) is 15.1. The summed E-state index contributed by atoms with van der Waals surface area (Å²) in [6.07, 6.45) is 27.0. The molecule has 46 heavy (non-hydrogen) atoms. The Balaban J connectivity index is 4.41. The van der Waals surface area contributed by atoms with Crippen LogP contribution in [0.1, 0.15) is 155 Å². The lowest BCUT2D eigenvalue weighted by molar-refractivity contribution is -0.870. The van der Waals surface area contributed by atoms with Gasteiger partial charge < -0.3 is 18.9 Å². The summed E-state index contributed by atoms with van der Waals surface area (Å²) in [6.45, 7) is 4.35. The molecule has 0 saturated carbocycles. The maximum atomic E-state index is 12.5. The molecule has 0 fully saturated rings. The normalized spacial score (nSPS) is 14.0. The van der Waals surface area contributed by atoms with Gasteiger partial charge in [0.25, 0.3) is 0 Å². The third kappa shape index (κ3) is 32.7. The molecule has 0 aromatic carbocycles. The fourth-order valence-corrected chi connectivity index (χ4v) is 5.57. The first kappa shape index (κ1) is 44.8. The minimum Gasteiger partial charge on any atom is -0.462 e. The quantitative estimate of drug-likeness (QED) is 0.0241. The van der Waals surface area contributed by atoms with Crippen LogP contribution in [0.4, 0.5) is 0 Å². The van der Waals surface area contributed by atoms with E-state index in [4.69, 9.17) is 18.5 Å². The summed E-state index contributed by atoms with van der Waals surface area (Å²) in [4.78, 5) is 35.0. The maximum Gasteiger partial charge on any atom is 0.472 e. The Hall–Kier alpha value is -1.25. The van der Waals surface area contributed by atoms with Crippen molar-refractivity contribution in [1.29, 1.82) is 0 Å². The minimum absolute atomic E-state index is 0.0328. The Morgan fingerprint density at radius 2 is 1.11 bits per heavy atom. The molecule has 9 nitrogen and oxygen atoms in total. The molecule has 2 atom stereocenters. The highest BCUT2D eigenvalue weighted by atomic mass is 31.2. The predicted molar refractivity (Wildman–Crippen MR) is 188 cm³/mol. The number of ether oxygens (including phenoxy) is 2. The summed E-state index contributed by atoms with van der Waals surface area (Å²) in [5.74, 6) is -0.812. The second-order valence-electron chi connectivity index (χ2n) is 13.6. The van der Waals surface area contributed by atoms with E-state index in [0.29, 0.717) is 17.4 Å². The lowest BCUT2D eigenvalue weighted by Gasteiger charge is -2.24. The lowest BCUT2D eigenvalue weighted by atomic mass is 10.1. The van der Waals surface area contributed by atoms with E-state index < -0.39 is 26.5 Å². The number of carbonyl (C=O) groups is 2. The van der Waals surface area contributed by atoms with Crippen molar-refractivity contribution >= 4 is 19.8 Å². The molecule has 0 rings (SSSR count). The molecule has 1 N–H and O–H groups in total. The molecule has 0 saturated heterocycles. The molecule has 0 bridgehead atoms. The van der Waals surface area contributed by atoms with Gasteiger partial charge >= 0.3 is 19.8 Å². The van der Waals surface area contributed by atoms with Crippen LogP contribution in [0, 0.1) is 0 Å². The van der Waals surface area contributed by atoms with Gasteiger partial charge in [-0.2, -0.15) is 0 Å². The van der Waals surface area contributed by atoms with Gasteiger partial charge in [-0.15, -0.1) is 0 Å². The molecule has 0 aliphatic rings. The van der Waals surface area contributed by atoms with Crippen molar-refractivity contribution in [2.24, 2.45) is 0 Å². The Kier molecular flexibility index (Phi) is 29.0. The minimum atomic E-state index is -4.36. The first-order chi connectivity index (χ1) is 22.0. The fraction of sp³-hybridized carbons (Fsp3) is 0.889. The van der Waals surface area contributed by atoms with Crippen molar-refractivity contribution in [2.75, 3.05) is 47.5 Å². The van der Waals surface area contributed by atoms with E-state index in [-0.39, 0.29) is 32.0 Å². The first-order valence-electron chi connectivity index (χ1n) is 18.4. The number of quaternary nitrogens is 1. The first-order valence-corrected chi connectivity index (χ1v) is 19.9. The fourth-order valence-electron chi connectivity index (χ4n) is 4.83. The molecule has 0 spiro atoms. The third-order valence-corrected chi connectivity index (χ3v) is 8.78. The van der Waals surface area contributed by atoms with E-state index in [1.807, 2.05) is 21.1 Å². The predicted octanol–water partition coefficient (Wildman–Crippen LogP) is 9.46. The number of rotatable bonds is 33. The van der Waals surface area contributed by atoms with Gasteiger partial charge in [0.1, 0.15) is 19.8 Å². The number of carbonyl (C=O) groups excluding carboxylic acids is 2.